The van der Waals surface area contributed by atoms with Gasteiger partial charge in [0, 0.05) is 9.26 Å². The molecule has 104 valence electrons. The molecule has 0 radical (unpaired) electrons. The summed E-state index contributed by atoms with van der Waals surface area (Å²) in [5.41, 5.74) is 7.26. The lowest BCUT2D eigenvalue weighted by Gasteiger charge is -2.11. The maximum Gasteiger partial charge on any atom is 0.341 e. The summed E-state index contributed by atoms with van der Waals surface area (Å²) >= 11 is 2.23. The highest BCUT2D eigenvalue weighted by molar-refractivity contribution is 14.1. The molecule has 0 aliphatic rings. The topological polar surface area (TPSA) is 77.2 Å². The molecular weight excluding hydrogens is 369 g/mol. The molecule has 6 heteroatoms. The normalized spacial score (nSPS) is 10.1. The van der Waals surface area contributed by atoms with Crippen LogP contribution in [-0.2, 0) is 4.74 Å². The van der Waals surface area contributed by atoms with E-state index in [9.17, 15) is 4.79 Å². The van der Waals surface area contributed by atoms with Crippen LogP contribution < -0.4 is 11.1 Å². The summed E-state index contributed by atoms with van der Waals surface area (Å²) in [6.45, 7) is 2.06. The van der Waals surface area contributed by atoms with Gasteiger partial charge in [0.05, 0.1) is 18.5 Å². The Morgan fingerprint density at radius 1 is 1.40 bits per heavy atom. The van der Waals surface area contributed by atoms with Crippen molar-refractivity contribution in [2.45, 2.75) is 6.92 Å². The van der Waals surface area contributed by atoms with Crippen molar-refractivity contribution in [3.8, 4) is 0 Å². The summed E-state index contributed by atoms with van der Waals surface area (Å²) < 4.78 is 6.13. The Morgan fingerprint density at radius 3 is 2.75 bits per heavy atom. The predicted octanol–water partition coefficient (Wildman–Crippen LogP) is 3.19. The highest BCUT2D eigenvalue weighted by Crippen LogP contribution is 2.22. The molecule has 20 heavy (non-hydrogen) atoms. The maximum atomic E-state index is 11.9. The SMILES string of the molecule is CCOC(=O)c1cc(N)cnc1Nc1ccc(I)cc1. The molecule has 2 aromatic rings. The van der Waals surface area contributed by atoms with E-state index in [-0.39, 0.29) is 0 Å². The van der Waals surface area contributed by atoms with Gasteiger partial charge in [0.2, 0.25) is 0 Å². The molecule has 0 aliphatic carbocycles. The number of hydrogen-bond donors (Lipinski definition) is 2. The minimum atomic E-state index is -0.444. The minimum absolute atomic E-state index is 0.302. The van der Waals surface area contributed by atoms with Gasteiger partial charge in [0.1, 0.15) is 11.4 Å². The third kappa shape index (κ3) is 3.60. The Kier molecular flexibility index (Phi) is 4.78. The van der Waals surface area contributed by atoms with E-state index in [1.807, 2.05) is 24.3 Å². The standard InChI is InChI=1S/C14H14IN3O2/c1-2-20-14(19)12-7-10(16)8-17-13(12)18-11-5-3-9(15)4-6-11/h3-8H,2,16H2,1H3,(H,17,18). The molecule has 0 amide bonds. The van der Waals surface area contributed by atoms with E-state index >= 15 is 0 Å². The molecule has 1 aromatic carbocycles. The van der Waals surface area contributed by atoms with Crippen LogP contribution >= 0.6 is 22.6 Å². The van der Waals surface area contributed by atoms with Gasteiger partial charge in [-0.15, -0.1) is 0 Å². The first-order valence-electron chi connectivity index (χ1n) is 6.05. The fraction of sp³-hybridized carbons (Fsp3) is 0.143. The molecular formula is C14H14IN3O2. The Morgan fingerprint density at radius 2 is 2.10 bits per heavy atom. The number of anilines is 3. The lowest BCUT2D eigenvalue weighted by atomic mass is 10.2. The molecule has 1 heterocycles. The van der Waals surface area contributed by atoms with E-state index in [1.54, 1.807) is 13.0 Å². The molecule has 0 aliphatic heterocycles. The number of halogens is 1. The van der Waals surface area contributed by atoms with Crippen molar-refractivity contribution in [3.63, 3.8) is 0 Å². The number of aromatic nitrogens is 1. The molecule has 0 saturated carbocycles. The van der Waals surface area contributed by atoms with E-state index in [1.165, 1.54) is 6.20 Å². The van der Waals surface area contributed by atoms with Gasteiger partial charge in [-0.25, -0.2) is 9.78 Å². The lowest BCUT2D eigenvalue weighted by molar-refractivity contribution is 0.0527. The quantitative estimate of drug-likeness (QED) is 0.627. The van der Waals surface area contributed by atoms with Crippen LogP contribution in [0.15, 0.2) is 36.5 Å². The second-order valence-corrected chi connectivity index (χ2v) is 5.26. The van der Waals surface area contributed by atoms with Crippen LogP contribution in [0.25, 0.3) is 0 Å². The molecule has 3 N–H and O–H groups in total. The first kappa shape index (κ1) is 14.6. The fourth-order valence-corrected chi connectivity index (χ4v) is 1.97. The average Bonchev–Trinajstić information content (AvgIpc) is 2.43. The van der Waals surface area contributed by atoms with Crippen LogP contribution in [0.5, 0.6) is 0 Å². The molecule has 5 nitrogen and oxygen atoms in total. The van der Waals surface area contributed by atoms with Gasteiger partial charge in [0.25, 0.3) is 0 Å². The number of carbonyl (C=O) groups is 1. The van der Waals surface area contributed by atoms with Gasteiger partial charge in [0.15, 0.2) is 0 Å². The maximum absolute atomic E-state index is 11.9. The smallest absolute Gasteiger partial charge is 0.341 e. The highest BCUT2D eigenvalue weighted by Gasteiger charge is 2.14. The summed E-state index contributed by atoms with van der Waals surface area (Å²) in [5, 5.41) is 3.10. The van der Waals surface area contributed by atoms with Gasteiger partial charge in [-0.1, -0.05) is 0 Å². The van der Waals surface area contributed by atoms with Gasteiger partial charge in [-0.3, -0.25) is 0 Å². The molecule has 0 spiro atoms. The number of esters is 1. The summed E-state index contributed by atoms with van der Waals surface area (Å²) in [5.74, 6) is -0.0147. The summed E-state index contributed by atoms with van der Waals surface area (Å²) in [6, 6.07) is 9.30. The second kappa shape index (κ2) is 6.56. The summed E-state index contributed by atoms with van der Waals surface area (Å²) in [4.78, 5) is 16.1. The Balaban J connectivity index is 2.31. The number of hydrogen-bond acceptors (Lipinski definition) is 5. The molecule has 0 unspecified atom stereocenters. The Hall–Kier alpha value is -1.83. The first-order valence-corrected chi connectivity index (χ1v) is 7.13. The van der Waals surface area contributed by atoms with E-state index in [2.05, 4.69) is 32.9 Å². The molecule has 2 rings (SSSR count). The van der Waals surface area contributed by atoms with E-state index in [4.69, 9.17) is 10.5 Å². The van der Waals surface area contributed by atoms with E-state index in [0.29, 0.717) is 23.7 Å². The molecule has 0 atom stereocenters. The number of ether oxygens (including phenoxy) is 1. The van der Waals surface area contributed by atoms with Crippen molar-refractivity contribution >= 4 is 45.8 Å². The molecule has 0 bridgehead atoms. The van der Waals surface area contributed by atoms with Gasteiger partial charge >= 0.3 is 5.97 Å². The second-order valence-electron chi connectivity index (χ2n) is 4.02. The van der Waals surface area contributed by atoms with Gasteiger partial charge < -0.3 is 15.8 Å². The van der Waals surface area contributed by atoms with Crippen molar-refractivity contribution in [1.29, 1.82) is 0 Å². The number of nitrogen functional groups attached to an aromatic ring is 1. The van der Waals surface area contributed by atoms with Crippen molar-refractivity contribution in [3.05, 3.63) is 45.7 Å². The van der Waals surface area contributed by atoms with Crippen molar-refractivity contribution in [1.82, 2.24) is 4.98 Å². The van der Waals surface area contributed by atoms with Crippen LogP contribution in [0, 0.1) is 3.57 Å². The van der Waals surface area contributed by atoms with Crippen LogP contribution in [-0.4, -0.2) is 17.6 Å². The number of nitrogens with zero attached hydrogens (tertiary/aromatic N) is 1. The highest BCUT2D eigenvalue weighted by atomic mass is 127. The molecule has 0 saturated heterocycles. The largest absolute Gasteiger partial charge is 0.462 e. The number of carbonyl (C=O) groups excluding carboxylic acids is 1. The Labute approximate surface area is 130 Å². The lowest BCUT2D eigenvalue weighted by Crippen LogP contribution is -2.10. The zero-order chi connectivity index (χ0) is 14.5. The van der Waals surface area contributed by atoms with Crippen molar-refractivity contribution < 1.29 is 9.53 Å². The van der Waals surface area contributed by atoms with Crippen LogP contribution in [0.4, 0.5) is 17.2 Å². The number of benzene rings is 1. The third-order valence-electron chi connectivity index (χ3n) is 2.51. The third-order valence-corrected chi connectivity index (χ3v) is 3.23. The zero-order valence-electron chi connectivity index (χ0n) is 10.9. The number of pyridine rings is 1. The monoisotopic (exact) mass is 383 g/mol. The van der Waals surface area contributed by atoms with Crippen LogP contribution in [0.3, 0.4) is 0 Å². The van der Waals surface area contributed by atoms with Gasteiger partial charge in [-0.05, 0) is 59.8 Å². The fourth-order valence-electron chi connectivity index (χ4n) is 1.61. The number of rotatable bonds is 4. The average molecular weight is 383 g/mol. The molecule has 1 aromatic heterocycles. The van der Waals surface area contributed by atoms with E-state index in [0.717, 1.165) is 9.26 Å². The predicted molar refractivity (Wildman–Crippen MR) is 87.0 cm³/mol. The Bertz CT molecular complexity index is 614. The van der Waals surface area contributed by atoms with Crippen LogP contribution in [0.1, 0.15) is 17.3 Å². The minimum Gasteiger partial charge on any atom is -0.462 e. The summed E-state index contributed by atoms with van der Waals surface area (Å²) in [7, 11) is 0. The zero-order valence-corrected chi connectivity index (χ0v) is 13.0. The summed E-state index contributed by atoms with van der Waals surface area (Å²) in [6.07, 6.45) is 1.50. The van der Waals surface area contributed by atoms with Crippen molar-refractivity contribution in [2.75, 3.05) is 17.7 Å². The first-order chi connectivity index (χ1) is 9.60. The van der Waals surface area contributed by atoms with Crippen molar-refractivity contribution in [2.24, 2.45) is 0 Å². The van der Waals surface area contributed by atoms with E-state index < -0.39 is 5.97 Å². The number of nitrogens with one attached hydrogen (secondary N) is 1. The number of nitrogens with two attached hydrogens (primary N) is 1. The van der Waals surface area contributed by atoms with Crippen LogP contribution in [0.2, 0.25) is 0 Å². The molecule has 0 fully saturated rings. The van der Waals surface area contributed by atoms with Gasteiger partial charge in [-0.2, -0.15) is 0 Å².